The van der Waals surface area contributed by atoms with Crippen LogP contribution in [-0.4, -0.2) is 35.2 Å². The zero-order chi connectivity index (χ0) is 18.8. The fourth-order valence-electron chi connectivity index (χ4n) is 3.93. The minimum absolute atomic E-state index is 0.0540. The number of thiophene rings is 1. The van der Waals surface area contributed by atoms with E-state index in [1.807, 2.05) is 31.2 Å². The van der Waals surface area contributed by atoms with Gasteiger partial charge in [0.05, 0.1) is 12.6 Å². The number of aliphatic carboxylic acids is 1. The monoisotopic (exact) mass is 381 g/mol. The first-order valence-corrected chi connectivity index (χ1v) is 10.2. The maximum Gasteiger partial charge on any atom is 0.320 e. The number of hydrogen-bond acceptors (Lipinski definition) is 4. The summed E-state index contributed by atoms with van der Waals surface area (Å²) in [6.45, 7) is 3.39. The molecule has 2 heterocycles. The van der Waals surface area contributed by atoms with E-state index < -0.39 is 12.0 Å². The molecule has 2 aromatic carbocycles. The molecule has 0 radical (unpaired) electrons. The second kappa shape index (κ2) is 7.71. The molecule has 27 heavy (non-hydrogen) atoms. The predicted octanol–water partition coefficient (Wildman–Crippen LogP) is 4.94. The molecule has 2 unspecified atom stereocenters. The van der Waals surface area contributed by atoms with Crippen LogP contribution < -0.4 is 4.74 Å². The summed E-state index contributed by atoms with van der Waals surface area (Å²) in [6.07, 6.45) is 1.61. The third kappa shape index (κ3) is 3.57. The fourth-order valence-corrected chi connectivity index (χ4v) is 5.15. The molecule has 4 nitrogen and oxygen atoms in total. The van der Waals surface area contributed by atoms with Gasteiger partial charge in [0.15, 0.2) is 0 Å². The van der Waals surface area contributed by atoms with Crippen molar-refractivity contribution in [3.8, 4) is 5.75 Å². The number of nitrogens with zero attached hydrogens (tertiary/aromatic N) is 1. The topological polar surface area (TPSA) is 49.8 Å². The van der Waals surface area contributed by atoms with E-state index in [0.717, 1.165) is 24.3 Å². The van der Waals surface area contributed by atoms with E-state index in [9.17, 15) is 9.90 Å². The van der Waals surface area contributed by atoms with Crippen molar-refractivity contribution in [2.75, 3.05) is 13.2 Å². The van der Waals surface area contributed by atoms with Gasteiger partial charge in [0.2, 0.25) is 0 Å². The van der Waals surface area contributed by atoms with Gasteiger partial charge in [-0.1, -0.05) is 30.3 Å². The molecule has 1 saturated heterocycles. The minimum atomic E-state index is -0.732. The van der Waals surface area contributed by atoms with E-state index in [1.165, 1.54) is 15.0 Å². The van der Waals surface area contributed by atoms with Crippen LogP contribution in [0.4, 0.5) is 0 Å². The molecule has 3 aromatic rings. The molecule has 0 bridgehead atoms. The Morgan fingerprint density at radius 3 is 2.74 bits per heavy atom. The summed E-state index contributed by atoms with van der Waals surface area (Å²) in [5.41, 5.74) is 1.11. The SMILES string of the molecule is CCOc1ccc(C(c2cc3ccccc3s2)N2CCCC2C(=O)O)cc1. The van der Waals surface area contributed by atoms with E-state index in [1.54, 1.807) is 11.3 Å². The Kier molecular flexibility index (Phi) is 5.14. The maximum absolute atomic E-state index is 11.8. The molecule has 4 rings (SSSR count). The lowest BCUT2D eigenvalue weighted by atomic mass is 10.0. The highest BCUT2D eigenvalue weighted by Crippen LogP contribution is 2.40. The number of carboxylic acids is 1. The Labute approximate surface area is 163 Å². The molecule has 1 aromatic heterocycles. The summed E-state index contributed by atoms with van der Waals surface area (Å²) in [6, 6.07) is 18.1. The summed E-state index contributed by atoms with van der Waals surface area (Å²) < 4.78 is 6.81. The largest absolute Gasteiger partial charge is 0.494 e. The lowest BCUT2D eigenvalue weighted by molar-refractivity contribution is -0.142. The van der Waals surface area contributed by atoms with Crippen molar-refractivity contribution in [3.05, 3.63) is 65.0 Å². The minimum Gasteiger partial charge on any atom is -0.494 e. The van der Waals surface area contributed by atoms with Crippen LogP contribution in [0.3, 0.4) is 0 Å². The van der Waals surface area contributed by atoms with E-state index in [0.29, 0.717) is 13.0 Å². The first-order valence-electron chi connectivity index (χ1n) is 9.37. The Hall–Kier alpha value is -2.37. The van der Waals surface area contributed by atoms with E-state index >= 15 is 0 Å². The molecule has 2 atom stereocenters. The summed E-state index contributed by atoms with van der Waals surface area (Å²) in [4.78, 5) is 15.2. The summed E-state index contributed by atoms with van der Waals surface area (Å²) in [7, 11) is 0. The zero-order valence-electron chi connectivity index (χ0n) is 15.3. The van der Waals surface area contributed by atoms with Crippen LogP contribution in [0.2, 0.25) is 0 Å². The molecule has 5 heteroatoms. The number of carbonyl (C=O) groups is 1. The van der Waals surface area contributed by atoms with Gasteiger partial charge in [0.25, 0.3) is 0 Å². The first-order chi connectivity index (χ1) is 13.2. The number of benzene rings is 2. The van der Waals surface area contributed by atoms with E-state index in [4.69, 9.17) is 4.74 Å². The van der Waals surface area contributed by atoms with E-state index in [-0.39, 0.29) is 6.04 Å². The molecule has 1 aliphatic rings. The molecular weight excluding hydrogens is 358 g/mol. The molecule has 0 saturated carbocycles. The number of rotatable bonds is 6. The predicted molar refractivity (Wildman–Crippen MR) is 109 cm³/mol. The van der Waals surface area contributed by atoms with Crippen LogP contribution in [0.25, 0.3) is 10.1 Å². The van der Waals surface area contributed by atoms with Gasteiger partial charge >= 0.3 is 5.97 Å². The molecule has 0 amide bonds. The van der Waals surface area contributed by atoms with Crippen LogP contribution in [-0.2, 0) is 4.79 Å². The van der Waals surface area contributed by atoms with Gasteiger partial charge in [-0.2, -0.15) is 0 Å². The third-order valence-electron chi connectivity index (χ3n) is 5.13. The normalized spacial score (nSPS) is 18.6. The van der Waals surface area contributed by atoms with Crippen molar-refractivity contribution < 1.29 is 14.6 Å². The Bertz CT molecular complexity index is 901. The van der Waals surface area contributed by atoms with E-state index in [2.05, 4.69) is 35.2 Å². The van der Waals surface area contributed by atoms with Gasteiger partial charge < -0.3 is 9.84 Å². The van der Waals surface area contributed by atoms with Crippen molar-refractivity contribution >= 4 is 27.4 Å². The smallest absolute Gasteiger partial charge is 0.320 e. The average molecular weight is 381 g/mol. The van der Waals surface area contributed by atoms with Crippen molar-refractivity contribution in [2.45, 2.75) is 31.8 Å². The Morgan fingerprint density at radius 2 is 2.04 bits per heavy atom. The standard InChI is InChI=1S/C22H23NO3S/c1-2-26-17-11-9-15(10-12-17)21(23-13-5-7-18(23)22(24)25)20-14-16-6-3-4-8-19(16)27-20/h3-4,6,8-12,14,18,21H,2,5,7,13H2,1H3,(H,24,25). The van der Waals surface area contributed by atoms with Gasteiger partial charge in [-0.05, 0) is 55.0 Å². The highest BCUT2D eigenvalue weighted by Gasteiger charge is 2.37. The van der Waals surface area contributed by atoms with Crippen molar-refractivity contribution in [2.24, 2.45) is 0 Å². The maximum atomic E-state index is 11.8. The Balaban J connectivity index is 1.78. The molecule has 140 valence electrons. The molecule has 0 aliphatic carbocycles. The van der Waals surface area contributed by atoms with Gasteiger partial charge in [0.1, 0.15) is 11.8 Å². The van der Waals surface area contributed by atoms with Crippen LogP contribution in [0.1, 0.15) is 36.2 Å². The van der Waals surface area contributed by atoms with Crippen LogP contribution in [0, 0.1) is 0 Å². The van der Waals surface area contributed by atoms with Gasteiger partial charge in [-0.15, -0.1) is 11.3 Å². The van der Waals surface area contributed by atoms with Crippen molar-refractivity contribution in [1.82, 2.24) is 4.90 Å². The molecular formula is C22H23NO3S. The zero-order valence-corrected chi connectivity index (χ0v) is 16.1. The molecule has 1 N–H and O–H groups in total. The number of fused-ring (bicyclic) bond motifs is 1. The van der Waals surface area contributed by atoms with Gasteiger partial charge in [0, 0.05) is 16.1 Å². The average Bonchev–Trinajstić information content (AvgIpc) is 3.31. The number of ether oxygens (including phenoxy) is 1. The summed E-state index contributed by atoms with van der Waals surface area (Å²) >= 11 is 1.75. The second-order valence-electron chi connectivity index (χ2n) is 6.83. The number of hydrogen-bond donors (Lipinski definition) is 1. The summed E-state index contributed by atoms with van der Waals surface area (Å²) in [5.74, 6) is 0.108. The second-order valence-corrected chi connectivity index (χ2v) is 7.94. The number of likely N-dealkylation sites (tertiary alicyclic amines) is 1. The Morgan fingerprint density at radius 1 is 1.26 bits per heavy atom. The quantitative estimate of drug-likeness (QED) is 0.657. The lowest BCUT2D eigenvalue weighted by Gasteiger charge is -2.31. The summed E-state index contributed by atoms with van der Waals surface area (Å²) in [5, 5.41) is 10.9. The van der Waals surface area contributed by atoms with Crippen molar-refractivity contribution in [3.63, 3.8) is 0 Å². The molecule has 0 spiro atoms. The van der Waals surface area contributed by atoms with Gasteiger partial charge in [-0.3, -0.25) is 9.69 Å². The number of carboxylic acid groups (broad SMARTS) is 1. The van der Waals surface area contributed by atoms with Crippen LogP contribution in [0.5, 0.6) is 5.75 Å². The van der Waals surface area contributed by atoms with Crippen molar-refractivity contribution in [1.29, 1.82) is 0 Å². The van der Waals surface area contributed by atoms with Crippen LogP contribution in [0.15, 0.2) is 54.6 Å². The third-order valence-corrected chi connectivity index (χ3v) is 6.30. The van der Waals surface area contributed by atoms with Crippen LogP contribution >= 0.6 is 11.3 Å². The molecule has 1 aliphatic heterocycles. The molecule has 1 fully saturated rings. The first kappa shape index (κ1) is 18.0. The fraction of sp³-hybridized carbons (Fsp3) is 0.318. The highest BCUT2D eigenvalue weighted by atomic mass is 32.1. The highest BCUT2D eigenvalue weighted by molar-refractivity contribution is 7.19. The lowest BCUT2D eigenvalue weighted by Crippen LogP contribution is -2.38. The van der Waals surface area contributed by atoms with Gasteiger partial charge in [-0.25, -0.2) is 0 Å².